The molecule has 1 atom stereocenters. The highest BCUT2D eigenvalue weighted by molar-refractivity contribution is 9.10. The molecule has 1 aromatic rings. The average Bonchev–Trinajstić information content (AvgIpc) is 2.05. The van der Waals surface area contributed by atoms with Crippen LogP contribution in [-0.4, -0.2) is 9.96 Å². The van der Waals surface area contributed by atoms with E-state index in [0.717, 1.165) is 4.47 Å². The van der Waals surface area contributed by atoms with E-state index < -0.39 is 10.8 Å². The first-order valence-electron chi connectivity index (χ1n) is 3.25. The van der Waals surface area contributed by atoms with Crippen molar-refractivity contribution in [3.63, 3.8) is 0 Å². The van der Waals surface area contributed by atoms with Crippen molar-refractivity contribution in [3.8, 4) is 6.07 Å². The number of hydrogen-bond donors (Lipinski definition) is 0. The van der Waals surface area contributed by atoms with Crippen molar-refractivity contribution in [2.75, 3.05) is 5.75 Å². The third kappa shape index (κ3) is 2.43. The second-order valence-corrected chi connectivity index (χ2v) is 4.47. The van der Waals surface area contributed by atoms with Crippen LogP contribution in [0.15, 0.2) is 33.6 Å². The molecule has 0 heterocycles. The Labute approximate surface area is 81.8 Å². The molecule has 0 saturated heterocycles. The Bertz CT molecular complexity index is 345. The van der Waals surface area contributed by atoms with E-state index in [9.17, 15) is 4.21 Å². The molecule has 1 aromatic carbocycles. The van der Waals surface area contributed by atoms with Gasteiger partial charge in [-0.1, -0.05) is 22.0 Å². The SMILES string of the molecule is N#CCS(=O)c1cccc(Br)c1. The third-order valence-corrected chi connectivity index (χ3v) is 2.92. The van der Waals surface area contributed by atoms with Gasteiger partial charge in [-0.3, -0.25) is 4.21 Å². The largest absolute Gasteiger partial charge is 0.253 e. The Hall–Kier alpha value is -0.660. The first-order valence-corrected chi connectivity index (χ1v) is 5.36. The highest BCUT2D eigenvalue weighted by Crippen LogP contribution is 2.14. The number of benzene rings is 1. The van der Waals surface area contributed by atoms with Gasteiger partial charge in [0.2, 0.25) is 0 Å². The van der Waals surface area contributed by atoms with Gasteiger partial charge >= 0.3 is 0 Å². The molecule has 0 aliphatic rings. The Morgan fingerprint density at radius 1 is 1.58 bits per heavy atom. The molecule has 0 bridgehead atoms. The van der Waals surface area contributed by atoms with Gasteiger partial charge in [-0.25, -0.2) is 0 Å². The van der Waals surface area contributed by atoms with E-state index in [4.69, 9.17) is 5.26 Å². The minimum Gasteiger partial charge on any atom is -0.253 e. The lowest BCUT2D eigenvalue weighted by Gasteiger charge is -1.96. The molecule has 1 rings (SSSR count). The predicted molar refractivity (Wildman–Crippen MR) is 51.0 cm³/mol. The summed E-state index contributed by atoms with van der Waals surface area (Å²) < 4.78 is 12.1. The summed E-state index contributed by atoms with van der Waals surface area (Å²) in [7, 11) is -1.18. The van der Waals surface area contributed by atoms with Gasteiger partial charge in [-0.2, -0.15) is 5.26 Å². The Morgan fingerprint density at radius 2 is 2.33 bits per heavy atom. The maximum absolute atomic E-state index is 11.3. The minimum absolute atomic E-state index is 0.0520. The summed E-state index contributed by atoms with van der Waals surface area (Å²) >= 11 is 3.26. The number of nitrogens with zero attached hydrogens (tertiary/aromatic N) is 1. The van der Waals surface area contributed by atoms with E-state index in [1.54, 1.807) is 18.2 Å². The fraction of sp³-hybridized carbons (Fsp3) is 0.125. The van der Waals surface area contributed by atoms with Gasteiger partial charge in [0.05, 0.1) is 16.9 Å². The summed E-state index contributed by atoms with van der Waals surface area (Å²) in [5.41, 5.74) is 0. The lowest BCUT2D eigenvalue weighted by molar-refractivity contribution is 0.685. The van der Waals surface area contributed by atoms with Crippen LogP contribution < -0.4 is 0 Å². The first kappa shape index (κ1) is 9.43. The van der Waals surface area contributed by atoms with Crippen LogP contribution in [0.4, 0.5) is 0 Å². The zero-order valence-electron chi connectivity index (χ0n) is 6.16. The molecule has 12 heavy (non-hydrogen) atoms. The summed E-state index contributed by atoms with van der Waals surface area (Å²) in [6.45, 7) is 0. The highest BCUT2D eigenvalue weighted by atomic mass is 79.9. The molecule has 62 valence electrons. The van der Waals surface area contributed by atoms with Crippen molar-refractivity contribution < 1.29 is 4.21 Å². The van der Waals surface area contributed by atoms with E-state index in [0.29, 0.717) is 4.90 Å². The van der Waals surface area contributed by atoms with Gasteiger partial charge < -0.3 is 0 Å². The average molecular weight is 244 g/mol. The molecule has 0 spiro atoms. The van der Waals surface area contributed by atoms with Gasteiger partial charge in [0.15, 0.2) is 0 Å². The normalized spacial score (nSPS) is 12.0. The van der Waals surface area contributed by atoms with Crippen LogP contribution in [0.2, 0.25) is 0 Å². The second kappa shape index (κ2) is 4.39. The van der Waals surface area contributed by atoms with E-state index in [1.807, 2.05) is 12.1 Å². The fourth-order valence-electron chi connectivity index (χ4n) is 0.751. The second-order valence-electron chi connectivity index (χ2n) is 2.11. The smallest absolute Gasteiger partial charge is 0.115 e. The third-order valence-electron chi connectivity index (χ3n) is 1.25. The zero-order chi connectivity index (χ0) is 8.97. The van der Waals surface area contributed by atoms with Crippen molar-refractivity contribution in [2.45, 2.75) is 4.90 Å². The van der Waals surface area contributed by atoms with Crippen LogP contribution in [0.5, 0.6) is 0 Å². The molecular weight excluding hydrogens is 238 g/mol. The monoisotopic (exact) mass is 243 g/mol. The molecule has 2 nitrogen and oxygen atoms in total. The summed E-state index contributed by atoms with van der Waals surface area (Å²) in [5, 5.41) is 8.31. The number of halogens is 1. The molecule has 0 saturated carbocycles. The van der Waals surface area contributed by atoms with E-state index in [-0.39, 0.29) is 5.75 Å². The summed E-state index contributed by atoms with van der Waals surface area (Å²) in [6, 6.07) is 9.03. The molecule has 1 unspecified atom stereocenters. The molecule has 0 N–H and O–H groups in total. The van der Waals surface area contributed by atoms with Crippen LogP contribution in [0.3, 0.4) is 0 Å². The maximum atomic E-state index is 11.3. The Kier molecular flexibility index (Phi) is 3.45. The lowest BCUT2D eigenvalue weighted by atomic mass is 10.4. The van der Waals surface area contributed by atoms with Crippen LogP contribution in [0.1, 0.15) is 0 Å². The van der Waals surface area contributed by atoms with Gasteiger partial charge in [0.1, 0.15) is 5.75 Å². The zero-order valence-corrected chi connectivity index (χ0v) is 8.56. The van der Waals surface area contributed by atoms with E-state index in [1.165, 1.54) is 0 Å². The topological polar surface area (TPSA) is 40.9 Å². The van der Waals surface area contributed by atoms with Gasteiger partial charge in [-0.15, -0.1) is 0 Å². The standard InChI is InChI=1S/C8H6BrNOS/c9-7-2-1-3-8(6-7)12(11)5-4-10/h1-3,6H,5H2. The van der Waals surface area contributed by atoms with Crippen LogP contribution in [0, 0.1) is 11.3 Å². The van der Waals surface area contributed by atoms with Gasteiger partial charge in [0, 0.05) is 9.37 Å². The summed E-state index contributed by atoms with van der Waals surface area (Å²) in [4.78, 5) is 0.686. The molecule has 0 aliphatic carbocycles. The number of hydrogen-bond acceptors (Lipinski definition) is 2. The van der Waals surface area contributed by atoms with Gasteiger partial charge in [0.25, 0.3) is 0 Å². The minimum atomic E-state index is -1.18. The van der Waals surface area contributed by atoms with Crippen molar-refractivity contribution in [2.24, 2.45) is 0 Å². The van der Waals surface area contributed by atoms with Crippen molar-refractivity contribution in [1.82, 2.24) is 0 Å². The van der Waals surface area contributed by atoms with Crippen molar-refractivity contribution in [1.29, 1.82) is 5.26 Å². The molecule has 0 aliphatic heterocycles. The van der Waals surface area contributed by atoms with E-state index in [2.05, 4.69) is 15.9 Å². The molecule has 0 aromatic heterocycles. The van der Waals surface area contributed by atoms with Crippen molar-refractivity contribution >= 4 is 26.7 Å². The van der Waals surface area contributed by atoms with E-state index >= 15 is 0 Å². The molecule has 0 fully saturated rings. The number of rotatable bonds is 2. The predicted octanol–water partition coefficient (Wildman–Crippen LogP) is 2.08. The van der Waals surface area contributed by atoms with Crippen LogP contribution in [0.25, 0.3) is 0 Å². The lowest BCUT2D eigenvalue weighted by Crippen LogP contribution is -1.94. The summed E-state index contributed by atoms with van der Waals surface area (Å²) in [5.74, 6) is 0.0520. The van der Waals surface area contributed by atoms with Gasteiger partial charge in [-0.05, 0) is 18.2 Å². The first-order chi connectivity index (χ1) is 5.74. The molecule has 0 radical (unpaired) electrons. The van der Waals surface area contributed by atoms with Crippen molar-refractivity contribution in [3.05, 3.63) is 28.7 Å². The molecular formula is C8H6BrNOS. The molecule has 0 amide bonds. The maximum Gasteiger partial charge on any atom is 0.115 e. The quantitative estimate of drug-likeness (QED) is 0.799. The fourth-order valence-corrected chi connectivity index (χ4v) is 2.07. The van der Waals surface area contributed by atoms with Crippen LogP contribution in [-0.2, 0) is 10.8 Å². The summed E-state index contributed by atoms with van der Waals surface area (Å²) in [6.07, 6.45) is 0. The number of nitriles is 1. The molecule has 4 heteroatoms. The highest BCUT2D eigenvalue weighted by Gasteiger charge is 2.01. The Morgan fingerprint density at radius 3 is 2.92 bits per heavy atom. The Balaban J connectivity index is 2.90. The van der Waals surface area contributed by atoms with Crippen LogP contribution >= 0.6 is 15.9 Å².